The Balaban J connectivity index is 1.87. The van der Waals surface area contributed by atoms with Crippen molar-refractivity contribution in [2.24, 2.45) is 0 Å². The van der Waals surface area contributed by atoms with Crippen molar-refractivity contribution >= 4 is 33.3 Å². The number of rotatable bonds is 14. The zero-order chi connectivity index (χ0) is 24.2. The van der Waals surface area contributed by atoms with Crippen molar-refractivity contribution in [3.8, 4) is 0 Å². The summed E-state index contributed by atoms with van der Waals surface area (Å²) in [6.45, 7) is 15.0. The number of aromatic nitrogens is 3. The van der Waals surface area contributed by atoms with Crippen LogP contribution in [-0.2, 0) is 6.54 Å². The van der Waals surface area contributed by atoms with Crippen LogP contribution in [0.15, 0.2) is 61.2 Å². The summed E-state index contributed by atoms with van der Waals surface area (Å²) < 4.78 is 8.10. The molecular formula is C28H39N5Sn. The number of hydrogen-bond donors (Lipinski definition) is 0. The van der Waals surface area contributed by atoms with E-state index in [0.29, 0.717) is 5.69 Å². The van der Waals surface area contributed by atoms with E-state index in [2.05, 4.69) is 65.1 Å². The zero-order valence-electron chi connectivity index (χ0n) is 21.1. The Morgan fingerprint density at radius 2 is 1.32 bits per heavy atom. The molecule has 180 valence electrons. The van der Waals surface area contributed by atoms with Crippen LogP contribution in [0.5, 0.6) is 0 Å². The van der Waals surface area contributed by atoms with Crippen LogP contribution < -0.4 is 8.59 Å². The molecule has 0 saturated heterocycles. The molecule has 6 heteroatoms. The number of nitrogens with zero attached hydrogens (tertiary/aromatic N) is 5. The van der Waals surface area contributed by atoms with E-state index in [4.69, 9.17) is 6.57 Å². The van der Waals surface area contributed by atoms with Crippen LogP contribution in [0.25, 0.3) is 4.85 Å². The molecule has 0 spiro atoms. The molecule has 0 saturated carbocycles. The molecule has 5 nitrogen and oxygen atoms in total. The number of unbranched alkanes of at least 4 members (excludes halogenated alkanes) is 3. The summed E-state index contributed by atoms with van der Waals surface area (Å²) in [6.07, 6.45) is 11.5. The van der Waals surface area contributed by atoms with Crippen molar-refractivity contribution in [3.63, 3.8) is 0 Å². The van der Waals surface area contributed by atoms with Crippen molar-refractivity contribution < 1.29 is 0 Å². The summed E-state index contributed by atoms with van der Waals surface area (Å²) in [5.41, 5.74) is 2.93. The third-order valence-electron chi connectivity index (χ3n) is 6.89. The Morgan fingerprint density at radius 3 is 1.79 bits per heavy atom. The molecule has 0 fully saturated rings. The van der Waals surface area contributed by atoms with Gasteiger partial charge in [-0.05, 0) is 0 Å². The van der Waals surface area contributed by atoms with E-state index in [1.165, 1.54) is 57.4 Å². The predicted molar refractivity (Wildman–Crippen MR) is 145 cm³/mol. The zero-order valence-corrected chi connectivity index (χ0v) is 23.9. The first kappa shape index (κ1) is 26.3. The number of anilines is 1. The van der Waals surface area contributed by atoms with Crippen LogP contribution in [-0.4, -0.2) is 33.3 Å². The molecule has 0 aliphatic rings. The van der Waals surface area contributed by atoms with Gasteiger partial charge in [0.2, 0.25) is 0 Å². The van der Waals surface area contributed by atoms with Crippen LogP contribution in [0.1, 0.15) is 64.9 Å². The summed E-state index contributed by atoms with van der Waals surface area (Å²) in [6, 6.07) is 17.3. The van der Waals surface area contributed by atoms with E-state index in [9.17, 15) is 0 Å². The van der Waals surface area contributed by atoms with Crippen LogP contribution in [0.2, 0.25) is 13.3 Å². The van der Waals surface area contributed by atoms with Gasteiger partial charge in [-0.15, -0.1) is 0 Å². The van der Waals surface area contributed by atoms with Gasteiger partial charge < -0.3 is 6.57 Å². The SMILES string of the molecule is [C-]#[N+]c1ccc(N(Cc2cc[c]([Sn]([CH2]CCC)([CH2]CCC)[CH2]CCC)cc2)n2cnnc2)cc1. The first-order chi connectivity index (χ1) is 16.7. The van der Waals surface area contributed by atoms with Crippen LogP contribution in [0, 0.1) is 6.57 Å². The third kappa shape index (κ3) is 6.85. The van der Waals surface area contributed by atoms with E-state index in [-0.39, 0.29) is 0 Å². The average molecular weight is 564 g/mol. The molecule has 1 aromatic heterocycles. The molecule has 0 aliphatic heterocycles. The Bertz CT molecular complexity index is 985. The Morgan fingerprint density at radius 1 is 0.794 bits per heavy atom. The van der Waals surface area contributed by atoms with Gasteiger partial charge in [-0.25, -0.2) is 0 Å². The van der Waals surface area contributed by atoms with Gasteiger partial charge in [0.05, 0.1) is 0 Å². The van der Waals surface area contributed by atoms with E-state index < -0.39 is 18.4 Å². The molecule has 3 aromatic rings. The molecule has 0 bridgehead atoms. The van der Waals surface area contributed by atoms with Crippen molar-refractivity contribution in [1.82, 2.24) is 14.9 Å². The summed E-state index contributed by atoms with van der Waals surface area (Å²) in [5, 5.41) is 10.2. The topological polar surface area (TPSA) is 38.3 Å². The maximum absolute atomic E-state index is 7.23. The fourth-order valence-corrected chi connectivity index (χ4v) is 20.7. The van der Waals surface area contributed by atoms with Gasteiger partial charge in [-0.1, -0.05) is 0 Å². The molecular weight excluding hydrogens is 525 g/mol. The average Bonchev–Trinajstić information content (AvgIpc) is 3.42. The quantitative estimate of drug-likeness (QED) is 0.152. The second-order valence-corrected chi connectivity index (χ2v) is 22.6. The Labute approximate surface area is 209 Å². The van der Waals surface area contributed by atoms with Crippen molar-refractivity contribution in [2.75, 3.05) is 5.01 Å². The molecule has 0 N–H and O–H groups in total. The predicted octanol–water partition coefficient (Wildman–Crippen LogP) is 7.35. The normalized spacial score (nSPS) is 11.4. The van der Waals surface area contributed by atoms with Gasteiger partial charge in [0.25, 0.3) is 0 Å². The molecule has 0 radical (unpaired) electrons. The molecule has 1 heterocycles. The molecule has 34 heavy (non-hydrogen) atoms. The monoisotopic (exact) mass is 565 g/mol. The van der Waals surface area contributed by atoms with Gasteiger partial charge in [0.15, 0.2) is 0 Å². The van der Waals surface area contributed by atoms with Crippen LogP contribution >= 0.6 is 0 Å². The van der Waals surface area contributed by atoms with E-state index in [1.54, 1.807) is 16.2 Å². The van der Waals surface area contributed by atoms with Crippen molar-refractivity contribution in [3.05, 3.63) is 78.2 Å². The number of hydrogen-bond acceptors (Lipinski definition) is 3. The van der Waals surface area contributed by atoms with E-state index >= 15 is 0 Å². The summed E-state index contributed by atoms with van der Waals surface area (Å²) >= 11 is -2.41. The molecule has 0 unspecified atom stereocenters. The van der Waals surface area contributed by atoms with E-state index in [1.807, 2.05) is 28.9 Å². The Kier molecular flexibility index (Phi) is 10.5. The Hall–Kier alpha value is -2.33. The summed E-state index contributed by atoms with van der Waals surface area (Å²) in [4.78, 5) is 3.52. The van der Waals surface area contributed by atoms with Gasteiger partial charge in [-0.3, -0.25) is 0 Å². The van der Waals surface area contributed by atoms with Gasteiger partial charge >= 0.3 is 204 Å². The molecule has 0 atom stereocenters. The second-order valence-electron chi connectivity index (χ2n) is 9.32. The molecule has 0 aliphatic carbocycles. The first-order valence-corrected chi connectivity index (χ1v) is 20.3. The van der Waals surface area contributed by atoms with Gasteiger partial charge in [-0.2, -0.15) is 0 Å². The van der Waals surface area contributed by atoms with Crippen molar-refractivity contribution in [2.45, 2.75) is 79.2 Å². The molecule has 3 rings (SSSR count). The second kappa shape index (κ2) is 13.5. The van der Waals surface area contributed by atoms with Crippen molar-refractivity contribution in [1.29, 1.82) is 0 Å². The minimum atomic E-state index is -2.41. The maximum atomic E-state index is 7.23. The van der Waals surface area contributed by atoms with Crippen LogP contribution in [0.3, 0.4) is 0 Å². The summed E-state index contributed by atoms with van der Waals surface area (Å²) in [7, 11) is 0. The standard InChI is InChI=1S/C16H12N5.3C4H9.Sn/c1-17-15-7-9-16(10-8-15)21(20-12-18-19-13-20)11-14-5-3-2-4-6-14;3*1-3-4-2;/h3-10,12-13H,11H2;3*1,3-4H2,2H3;. The van der Waals surface area contributed by atoms with E-state index in [0.717, 1.165) is 12.2 Å². The number of benzene rings is 2. The van der Waals surface area contributed by atoms with Crippen LogP contribution in [0.4, 0.5) is 11.4 Å². The molecule has 0 amide bonds. The van der Waals surface area contributed by atoms with Gasteiger partial charge in [0, 0.05) is 0 Å². The molecule has 2 aromatic carbocycles. The summed E-state index contributed by atoms with van der Waals surface area (Å²) in [5.74, 6) is 0. The fourth-order valence-electron chi connectivity index (χ4n) is 4.82. The van der Waals surface area contributed by atoms with Gasteiger partial charge in [0.1, 0.15) is 0 Å². The first-order valence-electron chi connectivity index (χ1n) is 12.8. The third-order valence-corrected chi connectivity index (χ3v) is 22.6. The fraction of sp³-hybridized carbons (Fsp3) is 0.464. The minimum absolute atomic E-state index is 0.645.